The summed E-state index contributed by atoms with van der Waals surface area (Å²) < 4.78 is 0. The van der Waals surface area contributed by atoms with Gasteiger partial charge in [0.25, 0.3) is 0 Å². The molecule has 1 atom stereocenters. The van der Waals surface area contributed by atoms with Gasteiger partial charge in [0.05, 0.1) is 0 Å². The van der Waals surface area contributed by atoms with Gasteiger partial charge in [-0.2, -0.15) is 0 Å². The molecular formula is C10H23GeNO2. The first-order valence-electron chi connectivity index (χ1n) is 5.49. The Labute approximate surface area is 89.6 Å². The standard InChI is InChI=1S/C10H23GeNO2/c1-5-11(6-2,7-3)8-9(4)10(13)12-14/h9,14H,5-8H2,1-4H3,(H,12,13). The van der Waals surface area contributed by atoms with Gasteiger partial charge in [-0.05, 0) is 0 Å². The number of carbonyl (C=O) groups is 1. The number of carbonyl (C=O) groups excluding carboxylic acids is 1. The Hall–Kier alpha value is -0.0271. The fraction of sp³-hybridized carbons (Fsp3) is 0.900. The second kappa shape index (κ2) is 6.46. The van der Waals surface area contributed by atoms with E-state index in [1.54, 1.807) is 5.48 Å². The summed E-state index contributed by atoms with van der Waals surface area (Å²) >= 11 is -1.75. The van der Waals surface area contributed by atoms with E-state index in [0.717, 1.165) is 5.25 Å². The first-order valence-corrected chi connectivity index (χ1v) is 11.4. The van der Waals surface area contributed by atoms with Crippen LogP contribution in [-0.4, -0.2) is 24.4 Å². The van der Waals surface area contributed by atoms with E-state index in [1.807, 2.05) is 6.92 Å². The van der Waals surface area contributed by atoms with Crippen molar-refractivity contribution in [3.8, 4) is 0 Å². The van der Waals surface area contributed by atoms with Crippen LogP contribution in [0.3, 0.4) is 0 Å². The molecule has 1 unspecified atom stereocenters. The maximum atomic E-state index is 11.2. The number of rotatable bonds is 6. The normalized spacial score (nSPS) is 13.8. The molecule has 0 aromatic carbocycles. The van der Waals surface area contributed by atoms with E-state index in [1.165, 1.54) is 15.8 Å². The average molecular weight is 262 g/mol. The molecule has 2 N–H and O–H groups in total. The Bertz CT molecular complexity index is 173. The van der Waals surface area contributed by atoms with Crippen LogP contribution in [0.25, 0.3) is 0 Å². The van der Waals surface area contributed by atoms with Gasteiger partial charge in [0.15, 0.2) is 0 Å². The summed E-state index contributed by atoms with van der Waals surface area (Å²) in [6.45, 7) is 8.65. The Kier molecular flexibility index (Phi) is 6.44. The number of hydrogen-bond donors (Lipinski definition) is 2. The van der Waals surface area contributed by atoms with Crippen LogP contribution in [-0.2, 0) is 4.79 Å². The van der Waals surface area contributed by atoms with E-state index in [9.17, 15) is 4.79 Å². The van der Waals surface area contributed by atoms with Crippen molar-refractivity contribution in [2.24, 2.45) is 5.92 Å². The van der Waals surface area contributed by atoms with Gasteiger partial charge in [-0.3, -0.25) is 0 Å². The van der Waals surface area contributed by atoms with Crippen LogP contribution in [0.2, 0.25) is 21.0 Å². The zero-order chi connectivity index (χ0) is 11.2. The summed E-state index contributed by atoms with van der Waals surface area (Å²) in [5.41, 5.74) is 1.75. The molecule has 3 nitrogen and oxygen atoms in total. The molecule has 0 fully saturated rings. The summed E-state index contributed by atoms with van der Waals surface area (Å²) in [4.78, 5) is 11.2. The molecule has 0 aliphatic heterocycles. The minimum atomic E-state index is -1.75. The number of nitrogens with one attached hydrogen (secondary N) is 1. The van der Waals surface area contributed by atoms with Crippen molar-refractivity contribution in [1.29, 1.82) is 0 Å². The minimum absolute atomic E-state index is 0.0279. The van der Waals surface area contributed by atoms with Gasteiger partial charge in [-0.25, -0.2) is 0 Å². The van der Waals surface area contributed by atoms with Gasteiger partial charge in [-0.15, -0.1) is 0 Å². The van der Waals surface area contributed by atoms with Crippen LogP contribution in [0.15, 0.2) is 0 Å². The molecule has 14 heavy (non-hydrogen) atoms. The molecule has 0 aromatic heterocycles. The zero-order valence-electron chi connectivity index (χ0n) is 9.76. The zero-order valence-corrected chi connectivity index (χ0v) is 11.9. The fourth-order valence-corrected chi connectivity index (χ4v) is 10.1. The Balaban J connectivity index is 4.36. The summed E-state index contributed by atoms with van der Waals surface area (Å²) in [6, 6.07) is 0. The molecule has 0 saturated heterocycles. The monoisotopic (exact) mass is 263 g/mol. The fourth-order valence-electron chi connectivity index (χ4n) is 2.04. The van der Waals surface area contributed by atoms with Gasteiger partial charge in [-0.1, -0.05) is 0 Å². The quantitative estimate of drug-likeness (QED) is 0.439. The van der Waals surface area contributed by atoms with Crippen LogP contribution in [0.1, 0.15) is 27.7 Å². The third-order valence-corrected chi connectivity index (χ3v) is 16.1. The van der Waals surface area contributed by atoms with Gasteiger partial charge in [0.1, 0.15) is 0 Å². The van der Waals surface area contributed by atoms with Crippen LogP contribution < -0.4 is 5.48 Å². The summed E-state index contributed by atoms with van der Waals surface area (Å²) in [5, 5.41) is 13.4. The van der Waals surface area contributed by atoms with Crippen molar-refractivity contribution in [3.63, 3.8) is 0 Å². The van der Waals surface area contributed by atoms with E-state index >= 15 is 0 Å². The molecule has 84 valence electrons. The summed E-state index contributed by atoms with van der Waals surface area (Å²) in [7, 11) is 0. The molecule has 0 rings (SSSR count). The molecular weight excluding hydrogens is 239 g/mol. The van der Waals surface area contributed by atoms with E-state index in [-0.39, 0.29) is 11.8 Å². The van der Waals surface area contributed by atoms with Crippen molar-refractivity contribution in [2.45, 2.75) is 48.7 Å². The van der Waals surface area contributed by atoms with Crippen molar-refractivity contribution >= 4 is 19.2 Å². The Morgan fingerprint density at radius 3 is 2.00 bits per heavy atom. The molecule has 0 heterocycles. The van der Waals surface area contributed by atoms with Crippen LogP contribution in [0.4, 0.5) is 0 Å². The second-order valence-corrected chi connectivity index (χ2v) is 15.7. The number of hydrogen-bond acceptors (Lipinski definition) is 2. The van der Waals surface area contributed by atoms with Gasteiger partial charge in [0, 0.05) is 0 Å². The van der Waals surface area contributed by atoms with E-state index < -0.39 is 13.3 Å². The predicted octanol–water partition coefficient (Wildman–Crippen LogP) is 2.64. The molecule has 0 saturated carbocycles. The van der Waals surface area contributed by atoms with E-state index in [4.69, 9.17) is 5.21 Å². The molecule has 4 heteroatoms. The van der Waals surface area contributed by atoms with Gasteiger partial charge >= 0.3 is 89.3 Å². The van der Waals surface area contributed by atoms with Crippen molar-refractivity contribution < 1.29 is 10.0 Å². The molecule has 1 amide bonds. The van der Waals surface area contributed by atoms with Crippen LogP contribution in [0, 0.1) is 5.92 Å². The number of amides is 1. The van der Waals surface area contributed by atoms with E-state index in [2.05, 4.69) is 20.8 Å². The first kappa shape index (κ1) is 14.0. The predicted molar refractivity (Wildman–Crippen MR) is 61.1 cm³/mol. The van der Waals surface area contributed by atoms with Crippen LogP contribution >= 0.6 is 0 Å². The third-order valence-electron chi connectivity index (χ3n) is 3.55. The van der Waals surface area contributed by atoms with Crippen molar-refractivity contribution in [3.05, 3.63) is 0 Å². The molecule has 0 aliphatic carbocycles. The second-order valence-electron chi connectivity index (χ2n) is 4.14. The average Bonchev–Trinajstić information content (AvgIpc) is 2.24. The molecule has 0 aliphatic rings. The third kappa shape index (κ3) is 3.61. The topological polar surface area (TPSA) is 49.3 Å². The maximum absolute atomic E-state index is 11.2. The summed E-state index contributed by atoms with van der Waals surface area (Å²) in [6.07, 6.45) is 0. The molecule has 0 aromatic rings. The van der Waals surface area contributed by atoms with Crippen LogP contribution in [0.5, 0.6) is 0 Å². The molecule has 0 bridgehead atoms. The molecule has 0 spiro atoms. The SMILES string of the molecule is C[CH2][Ge]([CH2]C)([CH2]C)[CH2]C(C)C(=O)NO. The van der Waals surface area contributed by atoms with E-state index in [0.29, 0.717) is 0 Å². The summed E-state index contributed by atoms with van der Waals surface area (Å²) in [5.74, 6) is -0.254. The van der Waals surface area contributed by atoms with Crippen molar-refractivity contribution in [2.75, 3.05) is 0 Å². The first-order chi connectivity index (χ1) is 6.55. The number of hydroxylamine groups is 1. The Morgan fingerprint density at radius 2 is 1.71 bits per heavy atom. The van der Waals surface area contributed by atoms with Gasteiger partial charge < -0.3 is 0 Å². The van der Waals surface area contributed by atoms with Gasteiger partial charge in [0.2, 0.25) is 0 Å². The van der Waals surface area contributed by atoms with Crippen molar-refractivity contribution in [1.82, 2.24) is 5.48 Å². The Morgan fingerprint density at radius 1 is 1.29 bits per heavy atom. The molecule has 0 radical (unpaired) electrons.